The van der Waals surface area contributed by atoms with Gasteiger partial charge in [0.05, 0.1) is 16.6 Å². The number of furan rings is 1. The van der Waals surface area contributed by atoms with E-state index in [9.17, 15) is 0 Å². The molecule has 0 bridgehead atoms. The van der Waals surface area contributed by atoms with Crippen molar-refractivity contribution in [3.63, 3.8) is 0 Å². The molecule has 2 rings (SSSR count). The van der Waals surface area contributed by atoms with Crippen LogP contribution < -0.4 is 5.32 Å². The quantitative estimate of drug-likeness (QED) is 0.899. The molecule has 2 aromatic rings. The summed E-state index contributed by atoms with van der Waals surface area (Å²) in [4.78, 5) is 1.22. The summed E-state index contributed by atoms with van der Waals surface area (Å²) in [6.45, 7) is 4.00. The molecule has 1 unspecified atom stereocenters. The number of hydrogen-bond donors (Lipinski definition) is 1. The van der Waals surface area contributed by atoms with Crippen LogP contribution in [-0.2, 0) is 0 Å². The van der Waals surface area contributed by atoms with Crippen LogP contribution in [0.3, 0.4) is 0 Å². The Kier molecular flexibility index (Phi) is 3.38. The smallest absolute Gasteiger partial charge is 0.105 e. The first-order valence-electron chi connectivity index (χ1n) is 5.10. The second-order valence-corrected chi connectivity index (χ2v) is 5.45. The molecule has 0 aliphatic carbocycles. The second kappa shape index (κ2) is 4.62. The SMILES string of the molecule is CNC(c1cc(C)c(Cl)s1)c1ccoc1C. The lowest BCUT2D eigenvalue weighted by atomic mass is 10.1. The number of rotatable bonds is 3. The number of halogens is 1. The Balaban J connectivity index is 2.40. The zero-order valence-corrected chi connectivity index (χ0v) is 11.1. The highest BCUT2D eigenvalue weighted by Gasteiger charge is 2.18. The van der Waals surface area contributed by atoms with Gasteiger partial charge in [0.1, 0.15) is 5.76 Å². The molecule has 2 aromatic heterocycles. The molecule has 0 radical (unpaired) electrons. The van der Waals surface area contributed by atoms with Crippen LogP contribution in [0.5, 0.6) is 0 Å². The van der Waals surface area contributed by atoms with Crippen molar-refractivity contribution >= 4 is 22.9 Å². The van der Waals surface area contributed by atoms with Crippen molar-refractivity contribution in [2.24, 2.45) is 0 Å². The van der Waals surface area contributed by atoms with Gasteiger partial charge in [-0.15, -0.1) is 11.3 Å². The fourth-order valence-electron chi connectivity index (χ4n) is 1.77. The summed E-state index contributed by atoms with van der Waals surface area (Å²) >= 11 is 7.71. The third-order valence-corrected chi connectivity index (χ3v) is 4.28. The van der Waals surface area contributed by atoms with Gasteiger partial charge in [-0.25, -0.2) is 0 Å². The van der Waals surface area contributed by atoms with Gasteiger partial charge in [0.15, 0.2) is 0 Å². The van der Waals surface area contributed by atoms with E-state index in [1.807, 2.05) is 27.0 Å². The van der Waals surface area contributed by atoms with E-state index < -0.39 is 0 Å². The summed E-state index contributed by atoms with van der Waals surface area (Å²) in [6, 6.07) is 4.29. The van der Waals surface area contributed by atoms with Gasteiger partial charge in [-0.05, 0) is 38.6 Å². The summed E-state index contributed by atoms with van der Waals surface area (Å²) in [5.74, 6) is 0.946. The molecule has 16 heavy (non-hydrogen) atoms. The Morgan fingerprint density at radius 1 is 1.44 bits per heavy atom. The minimum atomic E-state index is 0.162. The van der Waals surface area contributed by atoms with Gasteiger partial charge in [-0.3, -0.25) is 0 Å². The maximum atomic E-state index is 6.10. The second-order valence-electron chi connectivity index (χ2n) is 3.76. The lowest BCUT2D eigenvalue weighted by Gasteiger charge is -2.13. The summed E-state index contributed by atoms with van der Waals surface area (Å²) in [7, 11) is 1.94. The van der Waals surface area contributed by atoms with Crippen LogP contribution in [0.15, 0.2) is 22.8 Å². The molecule has 0 saturated carbocycles. The van der Waals surface area contributed by atoms with Crippen molar-refractivity contribution < 1.29 is 4.42 Å². The van der Waals surface area contributed by atoms with Crippen molar-refractivity contribution in [2.75, 3.05) is 7.05 Å². The molecule has 1 atom stereocenters. The van der Waals surface area contributed by atoms with Crippen LogP contribution in [0.25, 0.3) is 0 Å². The van der Waals surface area contributed by atoms with Crippen LogP contribution in [-0.4, -0.2) is 7.05 Å². The van der Waals surface area contributed by atoms with E-state index in [0.29, 0.717) is 0 Å². The summed E-state index contributed by atoms with van der Waals surface area (Å²) in [5.41, 5.74) is 2.29. The average Bonchev–Trinajstić information content (AvgIpc) is 2.78. The van der Waals surface area contributed by atoms with E-state index in [4.69, 9.17) is 16.0 Å². The molecule has 0 aromatic carbocycles. The van der Waals surface area contributed by atoms with Gasteiger partial charge in [0, 0.05) is 10.4 Å². The van der Waals surface area contributed by atoms with E-state index >= 15 is 0 Å². The summed E-state index contributed by atoms with van der Waals surface area (Å²) in [6.07, 6.45) is 1.72. The number of nitrogens with one attached hydrogen (secondary N) is 1. The highest BCUT2D eigenvalue weighted by Crippen LogP contribution is 2.35. The van der Waals surface area contributed by atoms with Crippen molar-refractivity contribution in [2.45, 2.75) is 19.9 Å². The maximum Gasteiger partial charge on any atom is 0.105 e. The number of thiophene rings is 1. The van der Waals surface area contributed by atoms with Gasteiger partial charge in [0.2, 0.25) is 0 Å². The number of hydrogen-bond acceptors (Lipinski definition) is 3. The minimum absolute atomic E-state index is 0.162. The van der Waals surface area contributed by atoms with Gasteiger partial charge in [-0.2, -0.15) is 0 Å². The lowest BCUT2D eigenvalue weighted by molar-refractivity contribution is 0.524. The average molecular weight is 256 g/mol. The molecule has 0 saturated heterocycles. The van der Waals surface area contributed by atoms with Gasteiger partial charge in [0.25, 0.3) is 0 Å². The molecule has 0 amide bonds. The topological polar surface area (TPSA) is 25.2 Å². The molecule has 4 heteroatoms. The predicted molar refractivity (Wildman–Crippen MR) is 68.4 cm³/mol. The first-order chi connectivity index (χ1) is 7.63. The van der Waals surface area contributed by atoms with Crippen molar-refractivity contribution in [3.05, 3.63) is 44.5 Å². The van der Waals surface area contributed by atoms with E-state index in [1.165, 1.54) is 10.4 Å². The fraction of sp³-hybridized carbons (Fsp3) is 0.333. The first kappa shape index (κ1) is 11.7. The molecule has 2 heterocycles. The lowest BCUT2D eigenvalue weighted by Crippen LogP contribution is -2.16. The zero-order chi connectivity index (χ0) is 11.7. The molecule has 1 N–H and O–H groups in total. The Labute approximate surface area is 104 Å². The van der Waals surface area contributed by atoms with Crippen LogP contribution >= 0.6 is 22.9 Å². The fourth-order valence-corrected chi connectivity index (χ4v) is 3.12. The van der Waals surface area contributed by atoms with Crippen molar-refractivity contribution in [1.82, 2.24) is 5.32 Å². The third kappa shape index (κ3) is 2.03. The molecular weight excluding hydrogens is 242 g/mol. The molecule has 86 valence electrons. The van der Waals surface area contributed by atoms with Crippen LogP contribution in [0, 0.1) is 13.8 Å². The summed E-state index contributed by atoms with van der Waals surface area (Å²) in [5, 5.41) is 3.29. The zero-order valence-electron chi connectivity index (χ0n) is 9.50. The normalized spacial score (nSPS) is 13.0. The highest BCUT2D eigenvalue weighted by molar-refractivity contribution is 7.16. The Morgan fingerprint density at radius 3 is 2.62 bits per heavy atom. The monoisotopic (exact) mass is 255 g/mol. The maximum absolute atomic E-state index is 6.10. The first-order valence-corrected chi connectivity index (χ1v) is 6.30. The summed E-state index contributed by atoms with van der Waals surface area (Å²) < 4.78 is 6.20. The van der Waals surface area contributed by atoms with E-state index in [2.05, 4.69) is 11.4 Å². The van der Waals surface area contributed by atoms with Crippen molar-refractivity contribution in [3.8, 4) is 0 Å². The van der Waals surface area contributed by atoms with Crippen LogP contribution in [0.1, 0.15) is 27.8 Å². The predicted octanol–water partition coefficient (Wildman–Crippen LogP) is 3.92. The van der Waals surface area contributed by atoms with E-state index in [0.717, 1.165) is 15.7 Å². The highest BCUT2D eigenvalue weighted by atomic mass is 35.5. The van der Waals surface area contributed by atoms with Gasteiger partial charge in [-0.1, -0.05) is 11.6 Å². The third-order valence-electron chi connectivity index (χ3n) is 2.66. The molecular formula is C12H14ClNOS. The molecule has 0 aliphatic rings. The van der Waals surface area contributed by atoms with E-state index in [-0.39, 0.29) is 6.04 Å². The van der Waals surface area contributed by atoms with Crippen molar-refractivity contribution in [1.29, 1.82) is 0 Å². The Hall–Kier alpha value is -0.770. The van der Waals surface area contributed by atoms with Gasteiger partial charge >= 0.3 is 0 Å². The van der Waals surface area contributed by atoms with Gasteiger partial charge < -0.3 is 9.73 Å². The largest absolute Gasteiger partial charge is 0.469 e. The Morgan fingerprint density at radius 2 is 2.19 bits per heavy atom. The Bertz CT molecular complexity index is 469. The molecule has 0 fully saturated rings. The standard InChI is InChI=1S/C12H14ClNOS/c1-7-6-10(16-12(7)13)11(14-3)9-4-5-15-8(9)2/h4-6,11,14H,1-3H3. The molecule has 2 nitrogen and oxygen atoms in total. The van der Waals surface area contributed by atoms with E-state index in [1.54, 1.807) is 17.6 Å². The molecule has 0 aliphatic heterocycles. The number of aryl methyl sites for hydroxylation is 2. The minimum Gasteiger partial charge on any atom is -0.469 e. The van der Waals surface area contributed by atoms with Crippen LogP contribution in [0.2, 0.25) is 4.34 Å². The van der Waals surface area contributed by atoms with Crippen LogP contribution in [0.4, 0.5) is 0 Å². The molecule has 0 spiro atoms.